The van der Waals surface area contributed by atoms with Crippen molar-refractivity contribution in [1.82, 2.24) is 15.3 Å². The van der Waals surface area contributed by atoms with Crippen molar-refractivity contribution in [3.05, 3.63) is 40.1 Å². The summed E-state index contributed by atoms with van der Waals surface area (Å²) < 4.78 is 20.1. The van der Waals surface area contributed by atoms with Crippen LogP contribution in [0.15, 0.2) is 28.7 Å². The predicted octanol–water partition coefficient (Wildman–Crippen LogP) is 2.32. The number of hydrogen-bond acceptors (Lipinski definition) is 8. The standard InChI is InChI=1S/C20H23FN6O3S/c1-13(28)22-8-17-10-27(20(29)30-17)16-3-4-19(18(21)7-16)25-5-6-26(23-12-25)9-15-11-31-14(2)24-15/h3-4,7,11-12,17H,5-6,8-10H2,1-2H3,(H,22,28)/t17-/m0/s1. The number of benzene rings is 1. The first-order valence-corrected chi connectivity index (χ1v) is 10.8. The molecule has 1 N–H and O–H groups in total. The number of carbonyl (C=O) groups is 2. The van der Waals surface area contributed by atoms with E-state index in [9.17, 15) is 14.0 Å². The molecule has 2 aliphatic heterocycles. The molecule has 0 radical (unpaired) electrons. The lowest BCUT2D eigenvalue weighted by atomic mass is 10.2. The van der Waals surface area contributed by atoms with Crippen LogP contribution in [-0.2, 0) is 16.1 Å². The molecule has 2 aromatic rings. The Morgan fingerprint density at radius 1 is 1.39 bits per heavy atom. The van der Waals surface area contributed by atoms with Gasteiger partial charge >= 0.3 is 6.09 Å². The van der Waals surface area contributed by atoms with Crippen molar-refractivity contribution >= 4 is 41.1 Å². The van der Waals surface area contributed by atoms with E-state index in [1.54, 1.807) is 34.7 Å². The molecule has 3 heterocycles. The molecule has 0 aliphatic carbocycles. The highest BCUT2D eigenvalue weighted by Gasteiger charge is 2.33. The lowest BCUT2D eigenvalue weighted by Gasteiger charge is -2.30. The van der Waals surface area contributed by atoms with Crippen LogP contribution in [0.5, 0.6) is 0 Å². The van der Waals surface area contributed by atoms with Crippen molar-refractivity contribution in [2.75, 3.05) is 36.0 Å². The molecule has 1 aromatic heterocycles. The van der Waals surface area contributed by atoms with Crippen LogP contribution < -0.4 is 15.1 Å². The summed E-state index contributed by atoms with van der Waals surface area (Å²) in [6.45, 7) is 5.66. The van der Waals surface area contributed by atoms with Gasteiger partial charge in [0.05, 0.1) is 48.3 Å². The number of cyclic esters (lactones) is 1. The summed E-state index contributed by atoms with van der Waals surface area (Å²) in [6, 6.07) is 4.62. The van der Waals surface area contributed by atoms with Gasteiger partial charge in [0.1, 0.15) is 18.3 Å². The predicted molar refractivity (Wildman–Crippen MR) is 116 cm³/mol. The topological polar surface area (TPSA) is 90.4 Å². The van der Waals surface area contributed by atoms with Crippen LogP contribution >= 0.6 is 11.3 Å². The first-order chi connectivity index (χ1) is 14.9. The molecular weight excluding hydrogens is 423 g/mol. The van der Waals surface area contributed by atoms with Crippen molar-refractivity contribution < 1.29 is 18.7 Å². The average molecular weight is 447 g/mol. The molecule has 164 valence electrons. The summed E-state index contributed by atoms with van der Waals surface area (Å²) >= 11 is 1.60. The van der Waals surface area contributed by atoms with Gasteiger partial charge in [-0.3, -0.25) is 14.7 Å². The third kappa shape index (κ3) is 4.93. The Kier molecular flexibility index (Phi) is 6.03. The summed E-state index contributed by atoms with van der Waals surface area (Å²) in [5.41, 5.74) is 1.77. The van der Waals surface area contributed by atoms with Crippen LogP contribution in [0.1, 0.15) is 17.6 Å². The highest BCUT2D eigenvalue weighted by Crippen LogP contribution is 2.28. The van der Waals surface area contributed by atoms with Crippen LogP contribution in [0.25, 0.3) is 0 Å². The van der Waals surface area contributed by atoms with Crippen molar-refractivity contribution in [2.45, 2.75) is 26.5 Å². The number of rotatable bonds is 6. The Morgan fingerprint density at radius 2 is 2.23 bits per heavy atom. The van der Waals surface area contributed by atoms with E-state index < -0.39 is 18.0 Å². The Balaban J connectivity index is 1.39. The molecular formula is C20H23FN6O3S. The van der Waals surface area contributed by atoms with Crippen LogP contribution in [-0.4, -0.2) is 60.6 Å². The third-order valence-corrected chi connectivity index (χ3v) is 5.79. The summed E-state index contributed by atoms with van der Waals surface area (Å²) in [6.07, 6.45) is 0.574. The molecule has 11 heteroatoms. The summed E-state index contributed by atoms with van der Waals surface area (Å²) in [7, 11) is 0. The molecule has 1 fully saturated rings. The molecule has 1 saturated heterocycles. The van der Waals surface area contributed by atoms with Crippen molar-refractivity contribution in [2.24, 2.45) is 5.10 Å². The number of carbonyl (C=O) groups excluding carboxylic acids is 2. The van der Waals surface area contributed by atoms with E-state index in [1.807, 2.05) is 17.3 Å². The summed E-state index contributed by atoms with van der Waals surface area (Å²) in [5, 5.41) is 11.9. The number of amides is 2. The largest absolute Gasteiger partial charge is 0.442 e. The minimum Gasteiger partial charge on any atom is -0.442 e. The average Bonchev–Trinajstić information content (AvgIpc) is 3.32. The van der Waals surface area contributed by atoms with Crippen molar-refractivity contribution in [3.63, 3.8) is 0 Å². The van der Waals surface area contributed by atoms with Crippen LogP contribution in [0.4, 0.5) is 20.6 Å². The zero-order valence-corrected chi connectivity index (χ0v) is 18.1. The smallest absolute Gasteiger partial charge is 0.414 e. The lowest BCUT2D eigenvalue weighted by molar-refractivity contribution is -0.119. The van der Waals surface area contributed by atoms with Crippen LogP contribution in [0.2, 0.25) is 0 Å². The number of halogens is 1. The number of nitrogens with one attached hydrogen (secondary N) is 1. The van der Waals surface area contributed by atoms with E-state index in [1.165, 1.54) is 17.9 Å². The van der Waals surface area contributed by atoms with Crippen LogP contribution in [0, 0.1) is 12.7 Å². The Hall–Kier alpha value is -3.21. The van der Waals surface area contributed by atoms with Gasteiger partial charge < -0.3 is 15.0 Å². The summed E-state index contributed by atoms with van der Waals surface area (Å²) in [5.74, 6) is -0.654. The highest BCUT2D eigenvalue weighted by atomic mass is 32.1. The van der Waals surface area contributed by atoms with E-state index >= 15 is 0 Å². The lowest BCUT2D eigenvalue weighted by Crippen LogP contribution is -2.38. The SMILES string of the molecule is CC(=O)NC[C@H]1CN(c2ccc(N3C=NN(Cc4csc(C)n4)CC3)c(F)c2)C(=O)O1. The number of hydrogen-bond donors (Lipinski definition) is 1. The fourth-order valence-corrected chi connectivity index (χ4v) is 4.04. The maximum atomic E-state index is 14.9. The van der Waals surface area contributed by atoms with Gasteiger partial charge in [-0.25, -0.2) is 14.2 Å². The van der Waals surface area contributed by atoms with Gasteiger partial charge in [0.15, 0.2) is 0 Å². The second-order valence-electron chi connectivity index (χ2n) is 7.36. The molecule has 2 amide bonds. The first-order valence-electron chi connectivity index (χ1n) is 9.88. The number of thiazole rings is 1. The fourth-order valence-electron chi connectivity index (χ4n) is 3.44. The first kappa shape index (κ1) is 21.0. The maximum Gasteiger partial charge on any atom is 0.414 e. The molecule has 9 nitrogen and oxygen atoms in total. The monoisotopic (exact) mass is 446 g/mol. The van der Waals surface area contributed by atoms with E-state index in [2.05, 4.69) is 15.4 Å². The quantitative estimate of drug-likeness (QED) is 0.733. The Morgan fingerprint density at radius 3 is 2.87 bits per heavy atom. The van der Waals surface area contributed by atoms with E-state index in [4.69, 9.17) is 4.74 Å². The fraction of sp³-hybridized carbons (Fsp3) is 0.400. The second kappa shape index (κ2) is 8.88. The molecule has 1 aromatic carbocycles. The minimum atomic E-state index is -0.560. The van der Waals surface area contributed by atoms with Gasteiger partial charge in [0.25, 0.3) is 0 Å². The number of ether oxygens (including phenoxy) is 1. The van der Waals surface area contributed by atoms with Gasteiger partial charge in [0.2, 0.25) is 5.91 Å². The second-order valence-corrected chi connectivity index (χ2v) is 8.42. The molecule has 4 rings (SSSR count). The Labute approximate surface area is 183 Å². The van der Waals surface area contributed by atoms with Gasteiger partial charge in [-0.15, -0.1) is 11.3 Å². The summed E-state index contributed by atoms with van der Waals surface area (Å²) in [4.78, 5) is 30.7. The molecule has 1 atom stereocenters. The zero-order chi connectivity index (χ0) is 22.0. The van der Waals surface area contributed by atoms with Gasteiger partial charge in [-0.05, 0) is 25.1 Å². The molecule has 0 spiro atoms. The van der Waals surface area contributed by atoms with Crippen LogP contribution in [0.3, 0.4) is 0 Å². The van der Waals surface area contributed by atoms with E-state index in [-0.39, 0.29) is 19.0 Å². The van der Waals surface area contributed by atoms with Gasteiger partial charge in [-0.1, -0.05) is 0 Å². The van der Waals surface area contributed by atoms with Gasteiger partial charge in [-0.2, -0.15) is 5.10 Å². The normalized spacial score (nSPS) is 18.5. The molecule has 31 heavy (non-hydrogen) atoms. The number of aromatic nitrogens is 1. The molecule has 0 bridgehead atoms. The number of anilines is 2. The number of aryl methyl sites for hydroxylation is 1. The third-order valence-electron chi connectivity index (χ3n) is 4.97. The highest BCUT2D eigenvalue weighted by molar-refractivity contribution is 7.09. The van der Waals surface area contributed by atoms with Crippen molar-refractivity contribution in [3.8, 4) is 0 Å². The number of hydrazone groups is 1. The molecule has 0 saturated carbocycles. The molecule has 2 aliphatic rings. The minimum absolute atomic E-state index is 0.201. The van der Waals surface area contributed by atoms with E-state index in [0.717, 1.165) is 10.7 Å². The van der Waals surface area contributed by atoms with E-state index in [0.29, 0.717) is 31.0 Å². The maximum absolute atomic E-state index is 14.9. The Bertz CT molecular complexity index is 1010. The molecule has 0 unspecified atom stereocenters. The van der Waals surface area contributed by atoms with Gasteiger partial charge in [0, 0.05) is 18.8 Å². The zero-order valence-electron chi connectivity index (χ0n) is 17.2. The van der Waals surface area contributed by atoms with Crippen molar-refractivity contribution in [1.29, 1.82) is 0 Å². The number of nitrogens with zero attached hydrogens (tertiary/aromatic N) is 5.